The molecular formula is C14H20O3S. The number of aliphatic carboxylic acids is 1. The molecule has 0 saturated heterocycles. The molecule has 1 aromatic carbocycles. The van der Waals surface area contributed by atoms with Gasteiger partial charge in [-0.2, -0.15) is 0 Å². The lowest BCUT2D eigenvalue weighted by Crippen LogP contribution is -2.14. The fourth-order valence-corrected chi connectivity index (χ4v) is 2.44. The molecule has 0 spiro atoms. The Kier molecular flexibility index (Phi) is 4.68. The highest BCUT2D eigenvalue weighted by Crippen LogP contribution is 2.35. The van der Waals surface area contributed by atoms with Crippen molar-refractivity contribution in [3.63, 3.8) is 0 Å². The van der Waals surface area contributed by atoms with Crippen molar-refractivity contribution in [3.05, 3.63) is 23.8 Å². The molecule has 1 N–H and O–H groups in total. The highest BCUT2D eigenvalue weighted by Gasteiger charge is 2.20. The number of rotatable bonds is 4. The minimum Gasteiger partial charge on any atom is -0.496 e. The summed E-state index contributed by atoms with van der Waals surface area (Å²) in [4.78, 5) is 11.8. The molecule has 1 atom stereocenters. The maximum absolute atomic E-state index is 10.9. The van der Waals surface area contributed by atoms with Crippen LogP contribution in [0.3, 0.4) is 0 Å². The van der Waals surface area contributed by atoms with E-state index in [0.29, 0.717) is 0 Å². The molecule has 0 aliphatic carbocycles. The van der Waals surface area contributed by atoms with Gasteiger partial charge in [0.25, 0.3) is 0 Å². The largest absolute Gasteiger partial charge is 0.496 e. The summed E-state index contributed by atoms with van der Waals surface area (Å²) in [6, 6.07) is 5.82. The van der Waals surface area contributed by atoms with Crippen LogP contribution in [-0.4, -0.2) is 23.4 Å². The number of hydrogen-bond acceptors (Lipinski definition) is 3. The minimum absolute atomic E-state index is 0.0334. The first-order valence-corrected chi connectivity index (χ1v) is 6.71. The molecule has 100 valence electrons. The molecule has 0 heterocycles. The lowest BCUT2D eigenvalue weighted by molar-refractivity contribution is -0.136. The lowest BCUT2D eigenvalue weighted by atomic mass is 9.86. The zero-order valence-electron chi connectivity index (χ0n) is 11.5. The van der Waals surface area contributed by atoms with Gasteiger partial charge in [0.2, 0.25) is 0 Å². The average Bonchev–Trinajstić information content (AvgIpc) is 2.27. The van der Waals surface area contributed by atoms with Crippen molar-refractivity contribution in [2.24, 2.45) is 0 Å². The molecule has 0 amide bonds. The first-order chi connectivity index (χ1) is 8.25. The number of carboxylic acids is 1. The van der Waals surface area contributed by atoms with E-state index in [1.165, 1.54) is 11.8 Å². The number of ether oxygens (including phenoxy) is 1. The van der Waals surface area contributed by atoms with Crippen LogP contribution in [0, 0.1) is 0 Å². The Morgan fingerprint density at radius 3 is 2.44 bits per heavy atom. The van der Waals surface area contributed by atoms with E-state index >= 15 is 0 Å². The molecule has 1 aromatic rings. The second-order valence-corrected chi connectivity index (χ2v) is 6.62. The highest BCUT2D eigenvalue weighted by molar-refractivity contribution is 8.00. The number of carboxylic acid groups (broad SMARTS) is 1. The van der Waals surface area contributed by atoms with Gasteiger partial charge in [-0.25, -0.2) is 0 Å². The maximum Gasteiger partial charge on any atom is 0.316 e. The van der Waals surface area contributed by atoms with Gasteiger partial charge in [0.05, 0.1) is 7.11 Å². The van der Waals surface area contributed by atoms with Crippen molar-refractivity contribution in [1.82, 2.24) is 0 Å². The van der Waals surface area contributed by atoms with Gasteiger partial charge in [0, 0.05) is 10.5 Å². The normalized spacial score (nSPS) is 13.2. The molecule has 0 bridgehead atoms. The first kappa shape index (κ1) is 14.9. The van der Waals surface area contributed by atoms with Gasteiger partial charge in [-0.15, -0.1) is 11.8 Å². The Labute approximate surface area is 113 Å². The van der Waals surface area contributed by atoms with Crippen LogP contribution in [0.2, 0.25) is 0 Å². The third-order valence-electron chi connectivity index (χ3n) is 2.64. The van der Waals surface area contributed by atoms with Crippen LogP contribution >= 0.6 is 11.8 Å². The Bertz CT molecular complexity index is 435. The molecular weight excluding hydrogens is 248 g/mol. The molecule has 18 heavy (non-hydrogen) atoms. The molecule has 0 saturated carbocycles. The Balaban J connectivity index is 3.07. The lowest BCUT2D eigenvalue weighted by Gasteiger charge is -2.23. The molecule has 0 aliphatic rings. The number of methoxy groups -OCH3 is 1. The monoisotopic (exact) mass is 268 g/mol. The number of hydrogen-bond donors (Lipinski definition) is 1. The van der Waals surface area contributed by atoms with E-state index in [1.807, 2.05) is 18.2 Å². The molecule has 0 radical (unpaired) electrons. The molecule has 1 unspecified atom stereocenters. The maximum atomic E-state index is 10.9. The smallest absolute Gasteiger partial charge is 0.316 e. The van der Waals surface area contributed by atoms with E-state index in [2.05, 4.69) is 20.8 Å². The van der Waals surface area contributed by atoms with Crippen LogP contribution < -0.4 is 4.74 Å². The van der Waals surface area contributed by atoms with E-state index in [9.17, 15) is 4.79 Å². The SMILES string of the molecule is COc1ccc(SC(C)C(=O)O)cc1C(C)(C)C. The van der Waals surface area contributed by atoms with Gasteiger partial charge in [0.1, 0.15) is 11.0 Å². The summed E-state index contributed by atoms with van der Waals surface area (Å²) in [6.07, 6.45) is 0. The molecule has 0 fully saturated rings. The second kappa shape index (κ2) is 5.65. The van der Waals surface area contributed by atoms with E-state index in [4.69, 9.17) is 9.84 Å². The van der Waals surface area contributed by atoms with E-state index in [0.717, 1.165) is 16.2 Å². The van der Waals surface area contributed by atoms with Gasteiger partial charge >= 0.3 is 5.97 Å². The Hall–Kier alpha value is -1.16. The fourth-order valence-electron chi connectivity index (χ4n) is 1.60. The van der Waals surface area contributed by atoms with Crippen molar-refractivity contribution in [2.45, 2.75) is 43.3 Å². The van der Waals surface area contributed by atoms with Crippen LogP contribution in [0.5, 0.6) is 5.75 Å². The van der Waals surface area contributed by atoms with Crippen LogP contribution in [0.15, 0.2) is 23.1 Å². The van der Waals surface area contributed by atoms with E-state index in [1.54, 1.807) is 14.0 Å². The molecule has 4 heteroatoms. The predicted molar refractivity (Wildman–Crippen MR) is 74.6 cm³/mol. The highest BCUT2D eigenvalue weighted by atomic mass is 32.2. The third kappa shape index (κ3) is 3.67. The number of thioether (sulfide) groups is 1. The molecule has 1 rings (SSSR count). The number of benzene rings is 1. The Morgan fingerprint density at radius 2 is 2.00 bits per heavy atom. The predicted octanol–water partition coefficient (Wildman–Crippen LogP) is 3.56. The standard InChI is InChI=1S/C14H20O3S/c1-9(13(15)16)18-10-6-7-12(17-5)11(8-10)14(2,3)4/h6-9H,1-5H3,(H,15,16). The summed E-state index contributed by atoms with van der Waals surface area (Å²) in [5.41, 5.74) is 1.06. The zero-order chi connectivity index (χ0) is 13.9. The van der Waals surface area contributed by atoms with E-state index in [-0.39, 0.29) is 5.41 Å². The van der Waals surface area contributed by atoms with Crippen LogP contribution in [0.1, 0.15) is 33.3 Å². The van der Waals surface area contributed by atoms with Crippen LogP contribution in [-0.2, 0) is 10.2 Å². The fraction of sp³-hybridized carbons (Fsp3) is 0.500. The van der Waals surface area contributed by atoms with Crippen molar-refractivity contribution in [1.29, 1.82) is 0 Å². The molecule has 0 aliphatic heterocycles. The van der Waals surface area contributed by atoms with Gasteiger partial charge in [-0.1, -0.05) is 20.8 Å². The van der Waals surface area contributed by atoms with E-state index < -0.39 is 11.2 Å². The average molecular weight is 268 g/mol. The zero-order valence-corrected chi connectivity index (χ0v) is 12.3. The second-order valence-electron chi connectivity index (χ2n) is 5.21. The number of carbonyl (C=O) groups is 1. The molecule has 0 aromatic heterocycles. The quantitative estimate of drug-likeness (QED) is 0.848. The third-order valence-corrected chi connectivity index (χ3v) is 3.72. The van der Waals surface area contributed by atoms with Crippen LogP contribution in [0.4, 0.5) is 0 Å². The van der Waals surface area contributed by atoms with Crippen molar-refractivity contribution in [2.75, 3.05) is 7.11 Å². The summed E-state index contributed by atoms with van der Waals surface area (Å²) in [7, 11) is 1.65. The van der Waals surface area contributed by atoms with Gasteiger partial charge in [-0.05, 0) is 30.5 Å². The van der Waals surface area contributed by atoms with Crippen molar-refractivity contribution >= 4 is 17.7 Å². The van der Waals surface area contributed by atoms with Gasteiger partial charge in [-0.3, -0.25) is 4.79 Å². The topological polar surface area (TPSA) is 46.5 Å². The Morgan fingerprint density at radius 1 is 1.39 bits per heavy atom. The first-order valence-electron chi connectivity index (χ1n) is 5.83. The summed E-state index contributed by atoms with van der Waals surface area (Å²) >= 11 is 1.35. The van der Waals surface area contributed by atoms with Crippen molar-refractivity contribution in [3.8, 4) is 5.75 Å². The molecule has 3 nitrogen and oxygen atoms in total. The van der Waals surface area contributed by atoms with Crippen molar-refractivity contribution < 1.29 is 14.6 Å². The summed E-state index contributed by atoms with van der Waals surface area (Å²) < 4.78 is 5.35. The van der Waals surface area contributed by atoms with Crippen LogP contribution in [0.25, 0.3) is 0 Å². The van der Waals surface area contributed by atoms with Gasteiger partial charge in [0.15, 0.2) is 0 Å². The summed E-state index contributed by atoms with van der Waals surface area (Å²) in [6.45, 7) is 8.02. The summed E-state index contributed by atoms with van der Waals surface area (Å²) in [5.74, 6) is 0.0444. The van der Waals surface area contributed by atoms with Gasteiger partial charge < -0.3 is 9.84 Å². The minimum atomic E-state index is -0.798. The summed E-state index contributed by atoms with van der Waals surface area (Å²) in [5, 5.41) is 8.48.